The van der Waals surface area contributed by atoms with Crippen LogP contribution < -0.4 is 5.32 Å². The third-order valence-electron chi connectivity index (χ3n) is 3.15. The summed E-state index contributed by atoms with van der Waals surface area (Å²) in [6.07, 6.45) is 2.52. The highest BCUT2D eigenvalue weighted by Crippen LogP contribution is 2.15. The van der Waals surface area contributed by atoms with Gasteiger partial charge in [0.1, 0.15) is 0 Å². The SMILES string of the molecule is CNC1CCN(CC(C)(C)OC)CC1. The van der Waals surface area contributed by atoms with Crippen LogP contribution in [0, 0.1) is 0 Å². The van der Waals surface area contributed by atoms with Gasteiger partial charge in [-0.3, -0.25) is 0 Å². The van der Waals surface area contributed by atoms with E-state index in [0.717, 1.165) is 12.6 Å². The van der Waals surface area contributed by atoms with Crippen LogP contribution >= 0.6 is 0 Å². The van der Waals surface area contributed by atoms with Crippen molar-refractivity contribution in [1.29, 1.82) is 0 Å². The van der Waals surface area contributed by atoms with Gasteiger partial charge in [-0.25, -0.2) is 0 Å². The fraction of sp³-hybridized carbons (Fsp3) is 1.00. The monoisotopic (exact) mass is 200 g/mol. The zero-order chi connectivity index (χ0) is 10.6. The maximum atomic E-state index is 5.44. The Labute approximate surface area is 87.8 Å². The molecule has 0 bridgehead atoms. The predicted octanol–water partition coefficient (Wildman–Crippen LogP) is 1.10. The largest absolute Gasteiger partial charge is 0.377 e. The van der Waals surface area contributed by atoms with E-state index in [9.17, 15) is 0 Å². The number of hydrogen-bond donors (Lipinski definition) is 1. The normalized spacial score (nSPS) is 21.4. The number of nitrogens with one attached hydrogen (secondary N) is 1. The molecule has 1 saturated heterocycles. The van der Waals surface area contributed by atoms with Crippen LogP contribution in [-0.4, -0.2) is 50.3 Å². The van der Waals surface area contributed by atoms with E-state index in [1.165, 1.54) is 25.9 Å². The van der Waals surface area contributed by atoms with E-state index in [1.54, 1.807) is 7.11 Å². The van der Waals surface area contributed by atoms with Crippen LogP contribution in [0.5, 0.6) is 0 Å². The van der Waals surface area contributed by atoms with Gasteiger partial charge in [0.25, 0.3) is 0 Å². The van der Waals surface area contributed by atoms with Crippen molar-refractivity contribution in [2.24, 2.45) is 0 Å². The number of piperidine rings is 1. The maximum Gasteiger partial charge on any atom is 0.0749 e. The molecule has 0 atom stereocenters. The van der Waals surface area contributed by atoms with Gasteiger partial charge in [0.2, 0.25) is 0 Å². The highest BCUT2D eigenvalue weighted by molar-refractivity contribution is 4.80. The second kappa shape index (κ2) is 5.10. The number of nitrogens with zero attached hydrogens (tertiary/aromatic N) is 1. The minimum Gasteiger partial charge on any atom is -0.377 e. The average molecular weight is 200 g/mol. The van der Waals surface area contributed by atoms with Crippen LogP contribution in [0.25, 0.3) is 0 Å². The maximum absolute atomic E-state index is 5.44. The molecule has 0 radical (unpaired) electrons. The standard InChI is InChI=1S/C11H24N2O/c1-11(2,14-4)9-13-7-5-10(12-3)6-8-13/h10,12H,5-9H2,1-4H3. The highest BCUT2D eigenvalue weighted by Gasteiger charge is 2.24. The lowest BCUT2D eigenvalue weighted by Crippen LogP contribution is -2.47. The number of hydrogen-bond acceptors (Lipinski definition) is 3. The summed E-state index contributed by atoms with van der Waals surface area (Å²) >= 11 is 0. The summed E-state index contributed by atoms with van der Waals surface area (Å²) in [6, 6.07) is 0.719. The second-order valence-electron chi connectivity index (χ2n) is 4.80. The zero-order valence-corrected chi connectivity index (χ0v) is 9.97. The molecule has 3 heteroatoms. The third kappa shape index (κ3) is 3.56. The smallest absolute Gasteiger partial charge is 0.0749 e. The Morgan fingerprint density at radius 1 is 1.36 bits per heavy atom. The molecule has 0 spiro atoms. The zero-order valence-electron chi connectivity index (χ0n) is 9.97. The first-order valence-electron chi connectivity index (χ1n) is 5.52. The Hall–Kier alpha value is -0.120. The molecule has 1 N–H and O–H groups in total. The van der Waals surface area contributed by atoms with Crippen molar-refractivity contribution in [2.45, 2.75) is 38.3 Å². The van der Waals surface area contributed by atoms with Gasteiger partial charge in [-0.2, -0.15) is 0 Å². The van der Waals surface area contributed by atoms with Gasteiger partial charge in [-0.15, -0.1) is 0 Å². The van der Waals surface area contributed by atoms with E-state index in [-0.39, 0.29) is 5.60 Å². The molecular formula is C11H24N2O. The molecule has 1 aliphatic rings. The Kier molecular flexibility index (Phi) is 4.35. The van der Waals surface area contributed by atoms with E-state index in [0.29, 0.717) is 0 Å². The minimum absolute atomic E-state index is 0.00746. The topological polar surface area (TPSA) is 24.5 Å². The van der Waals surface area contributed by atoms with E-state index < -0.39 is 0 Å². The van der Waals surface area contributed by atoms with E-state index in [2.05, 4.69) is 31.1 Å². The van der Waals surface area contributed by atoms with Gasteiger partial charge in [0, 0.05) is 19.7 Å². The van der Waals surface area contributed by atoms with Gasteiger partial charge in [0.15, 0.2) is 0 Å². The quantitative estimate of drug-likeness (QED) is 0.735. The number of likely N-dealkylation sites (tertiary alicyclic amines) is 1. The summed E-state index contributed by atoms with van der Waals surface area (Å²) in [7, 11) is 3.85. The molecule has 0 aliphatic carbocycles. The number of ether oxygens (including phenoxy) is 1. The van der Waals surface area contributed by atoms with Gasteiger partial charge in [0.05, 0.1) is 5.60 Å². The summed E-state index contributed by atoms with van der Waals surface area (Å²) in [4.78, 5) is 2.50. The van der Waals surface area contributed by atoms with E-state index in [1.807, 2.05) is 0 Å². The van der Waals surface area contributed by atoms with Crippen LogP contribution in [0.4, 0.5) is 0 Å². The summed E-state index contributed by atoms with van der Waals surface area (Å²) in [5, 5.41) is 3.34. The lowest BCUT2D eigenvalue weighted by atomic mass is 10.0. The van der Waals surface area contributed by atoms with Gasteiger partial charge in [-0.05, 0) is 46.8 Å². The van der Waals surface area contributed by atoms with Crippen LogP contribution in [-0.2, 0) is 4.74 Å². The second-order valence-corrected chi connectivity index (χ2v) is 4.80. The summed E-state index contributed by atoms with van der Waals surface area (Å²) in [6.45, 7) is 7.73. The van der Waals surface area contributed by atoms with Crippen molar-refractivity contribution in [3.05, 3.63) is 0 Å². The first kappa shape index (κ1) is 12.0. The molecule has 0 aromatic carbocycles. The lowest BCUT2D eigenvalue weighted by molar-refractivity contribution is -0.0129. The molecule has 84 valence electrons. The van der Waals surface area contributed by atoms with Crippen molar-refractivity contribution in [2.75, 3.05) is 33.8 Å². The molecule has 1 heterocycles. The molecule has 0 saturated carbocycles. The molecule has 0 aromatic rings. The van der Waals surface area contributed by atoms with Crippen LogP contribution in [0.2, 0.25) is 0 Å². The van der Waals surface area contributed by atoms with Gasteiger partial charge in [-0.1, -0.05) is 0 Å². The lowest BCUT2D eigenvalue weighted by Gasteiger charge is -2.36. The van der Waals surface area contributed by atoms with Crippen LogP contribution in [0.15, 0.2) is 0 Å². The summed E-state index contributed by atoms with van der Waals surface area (Å²) in [5.74, 6) is 0. The molecule has 1 rings (SSSR count). The first-order valence-corrected chi connectivity index (χ1v) is 5.52. The molecular weight excluding hydrogens is 176 g/mol. The van der Waals surface area contributed by atoms with Crippen molar-refractivity contribution < 1.29 is 4.74 Å². The Morgan fingerprint density at radius 2 is 1.93 bits per heavy atom. The van der Waals surface area contributed by atoms with Crippen molar-refractivity contribution in [3.63, 3.8) is 0 Å². The van der Waals surface area contributed by atoms with Gasteiger partial charge >= 0.3 is 0 Å². The fourth-order valence-electron chi connectivity index (χ4n) is 1.98. The van der Waals surface area contributed by atoms with Crippen molar-refractivity contribution in [1.82, 2.24) is 10.2 Å². The molecule has 0 amide bonds. The molecule has 3 nitrogen and oxygen atoms in total. The van der Waals surface area contributed by atoms with Crippen LogP contribution in [0.3, 0.4) is 0 Å². The van der Waals surface area contributed by atoms with E-state index >= 15 is 0 Å². The fourth-order valence-corrected chi connectivity index (χ4v) is 1.98. The summed E-state index contributed by atoms with van der Waals surface area (Å²) in [5.41, 5.74) is -0.00746. The van der Waals surface area contributed by atoms with E-state index in [4.69, 9.17) is 4.74 Å². The number of methoxy groups -OCH3 is 1. The first-order chi connectivity index (χ1) is 6.57. The highest BCUT2D eigenvalue weighted by atomic mass is 16.5. The molecule has 1 fully saturated rings. The average Bonchev–Trinajstić information content (AvgIpc) is 2.19. The van der Waals surface area contributed by atoms with Crippen LogP contribution in [0.1, 0.15) is 26.7 Å². The number of rotatable bonds is 4. The molecule has 0 aromatic heterocycles. The third-order valence-corrected chi connectivity index (χ3v) is 3.15. The minimum atomic E-state index is -0.00746. The summed E-state index contributed by atoms with van der Waals surface area (Å²) < 4.78 is 5.44. The van der Waals surface area contributed by atoms with Crippen molar-refractivity contribution >= 4 is 0 Å². The molecule has 0 unspecified atom stereocenters. The Balaban J connectivity index is 2.28. The Morgan fingerprint density at radius 3 is 2.36 bits per heavy atom. The van der Waals surface area contributed by atoms with Gasteiger partial charge < -0.3 is 15.0 Å². The molecule has 14 heavy (non-hydrogen) atoms. The Bertz CT molecular complexity index is 163. The van der Waals surface area contributed by atoms with Crippen molar-refractivity contribution in [3.8, 4) is 0 Å². The molecule has 1 aliphatic heterocycles. The predicted molar refractivity (Wildman–Crippen MR) is 59.6 cm³/mol.